The van der Waals surface area contributed by atoms with Crippen molar-refractivity contribution in [2.45, 2.75) is 39.3 Å². The number of carbonyl (C=O) groups is 2. The lowest BCUT2D eigenvalue weighted by Gasteiger charge is -2.22. The van der Waals surface area contributed by atoms with Crippen LogP contribution >= 0.6 is 11.3 Å². The lowest BCUT2D eigenvalue weighted by molar-refractivity contribution is 0.0526. The summed E-state index contributed by atoms with van der Waals surface area (Å²) in [7, 11) is 0. The van der Waals surface area contributed by atoms with Crippen LogP contribution in [0.3, 0.4) is 0 Å². The average Bonchev–Trinajstić information content (AvgIpc) is 3.35. The number of hydrogen-bond acceptors (Lipinski definition) is 4. The van der Waals surface area contributed by atoms with Crippen LogP contribution in [-0.4, -0.2) is 29.5 Å². The monoisotopic (exact) mass is 358 g/mol. The fourth-order valence-electron chi connectivity index (χ4n) is 2.59. The molecule has 2 amide bonds. The van der Waals surface area contributed by atoms with E-state index in [1.807, 2.05) is 4.90 Å². The summed E-state index contributed by atoms with van der Waals surface area (Å²) in [6.07, 6.45) is 2.11. The maximum absolute atomic E-state index is 12.7. The van der Waals surface area contributed by atoms with E-state index in [0.29, 0.717) is 30.4 Å². The summed E-state index contributed by atoms with van der Waals surface area (Å²) >= 11 is 1.72. The van der Waals surface area contributed by atoms with E-state index in [4.69, 9.17) is 4.74 Å². The second-order valence-electron chi connectivity index (χ2n) is 6.10. The Hall–Kier alpha value is -2.34. The molecule has 0 unspecified atom stereocenters. The fraction of sp³-hybridized carbons (Fsp3) is 0.368. The molecule has 1 saturated carbocycles. The van der Waals surface area contributed by atoms with Gasteiger partial charge >= 0.3 is 12.0 Å². The molecule has 0 spiro atoms. The topological polar surface area (TPSA) is 58.6 Å². The summed E-state index contributed by atoms with van der Waals surface area (Å²) < 4.78 is 4.96. The Morgan fingerprint density at radius 1 is 1.20 bits per heavy atom. The fourth-order valence-corrected chi connectivity index (χ4v) is 3.48. The zero-order valence-corrected chi connectivity index (χ0v) is 15.3. The van der Waals surface area contributed by atoms with E-state index >= 15 is 0 Å². The average molecular weight is 358 g/mol. The predicted molar refractivity (Wildman–Crippen MR) is 99.0 cm³/mol. The summed E-state index contributed by atoms with van der Waals surface area (Å²) in [5.41, 5.74) is 1.15. The van der Waals surface area contributed by atoms with Gasteiger partial charge in [-0.15, -0.1) is 11.3 Å². The standard InChI is InChI=1S/C19H22N2O3S/c1-3-24-18(22)14-5-7-15(8-6-14)20-19(23)21(16-9-10-16)12-17-11-4-13(2)25-17/h4-8,11,16H,3,9-10,12H2,1-2H3,(H,20,23). The highest BCUT2D eigenvalue weighted by Gasteiger charge is 2.32. The third-order valence-corrected chi connectivity index (χ3v) is 5.00. The van der Waals surface area contributed by atoms with Crippen LogP contribution in [0.2, 0.25) is 0 Å². The van der Waals surface area contributed by atoms with Gasteiger partial charge in [-0.3, -0.25) is 0 Å². The van der Waals surface area contributed by atoms with Crippen molar-refractivity contribution in [3.8, 4) is 0 Å². The number of aryl methyl sites for hydroxylation is 1. The van der Waals surface area contributed by atoms with Crippen LogP contribution in [0.4, 0.5) is 10.5 Å². The maximum Gasteiger partial charge on any atom is 0.338 e. The van der Waals surface area contributed by atoms with Crippen molar-refractivity contribution in [2.24, 2.45) is 0 Å². The molecule has 1 aromatic heterocycles. The van der Waals surface area contributed by atoms with Gasteiger partial charge in [0.25, 0.3) is 0 Å². The zero-order valence-electron chi connectivity index (χ0n) is 14.5. The Morgan fingerprint density at radius 2 is 1.92 bits per heavy atom. The molecule has 1 heterocycles. The molecule has 0 atom stereocenters. The molecule has 0 saturated heterocycles. The molecule has 2 aromatic rings. The minimum atomic E-state index is -0.354. The van der Waals surface area contributed by atoms with Crippen molar-refractivity contribution in [3.05, 3.63) is 51.7 Å². The normalized spacial score (nSPS) is 13.4. The molecule has 132 valence electrons. The van der Waals surface area contributed by atoms with E-state index in [9.17, 15) is 9.59 Å². The van der Waals surface area contributed by atoms with Crippen molar-refractivity contribution in [2.75, 3.05) is 11.9 Å². The van der Waals surface area contributed by atoms with Gasteiger partial charge in [0.2, 0.25) is 0 Å². The second kappa shape index (κ2) is 7.70. The van der Waals surface area contributed by atoms with Crippen LogP contribution in [-0.2, 0) is 11.3 Å². The number of urea groups is 1. The van der Waals surface area contributed by atoms with E-state index < -0.39 is 0 Å². The van der Waals surface area contributed by atoms with Crippen LogP contribution in [0.25, 0.3) is 0 Å². The number of nitrogens with zero attached hydrogens (tertiary/aromatic N) is 1. The van der Waals surface area contributed by atoms with Gasteiger partial charge in [0.15, 0.2) is 0 Å². The lowest BCUT2D eigenvalue weighted by atomic mass is 10.2. The molecule has 0 bridgehead atoms. The number of anilines is 1. The van der Waals surface area contributed by atoms with E-state index in [-0.39, 0.29) is 12.0 Å². The third-order valence-electron chi connectivity index (χ3n) is 4.02. The number of hydrogen-bond donors (Lipinski definition) is 1. The van der Waals surface area contributed by atoms with Gasteiger partial charge in [0, 0.05) is 21.5 Å². The first-order valence-electron chi connectivity index (χ1n) is 8.47. The first-order chi connectivity index (χ1) is 12.1. The van der Waals surface area contributed by atoms with E-state index in [2.05, 4.69) is 24.4 Å². The Morgan fingerprint density at radius 3 is 2.48 bits per heavy atom. The highest BCUT2D eigenvalue weighted by Crippen LogP contribution is 2.30. The number of thiophene rings is 1. The van der Waals surface area contributed by atoms with Gasteiger partial charge in [0.05, 0.1) is 18.7 Å². The van der Waals surface area contributed by atoms with Crippen molar-refractivity contribution < 1.29 is 14.3 Å². The SMILES string of the molecule is CCOC(=O)c1ccc(NC(=O)N(Cc2ccc(C)s2)C2CC2)cc1. The van der Waals surface area contributed by atoms with Crippen LogP contribution in [0.1, 0.15) is 39.9 Å². The highest BCUT2D eigenvalue weighted by atomic mass is 32.1. The lowest BCUT2D eigenvalue weighted by Crippen LogP contribution is -2.36. The van der Waals surface area contributed by atoms with Crippen LogP contribution in [0, 0.1) is 6.92 Å². The van der Waals surface area contributed by atoms with Crippen LogP contribution in [0.15, 0.2) is 36.4 Å². The minimum Gasteiger partial charge on any atom is -0.462 e. The van der Waals surface area contributed by atoms with Gasteiger partial charge in [-0.25, -0.2) is 9.59 Å². The van der Waals surface area contributed by atoms with E-state index in [1.54, 1.807) is 42.5 Å². The number of benzene rings is 1. The van der Waals surface area contributed by atoms with Crippen LogP contribution in [0.5, 0.6) is 0 Å². The molecule has 0 aliphatic heterocycles. The van der Waals surface area contributed by atoms with Crippen molar-refractivity contribution in [1.82, 2.24) is 4.90 Å². The Kier molecular flexibility index (Phi) is 5.38. The minimum absolute atomic E-state index is 0.0996. The predicted octanol–water partition coefficient (Wildman–Crippen LogP) is 4.43. The van der Waals surface area contributed by atoms with E-state index in [1.165, 1.54) is 9.75 Å². The zero-order chi connectivity index (χ0) is 17.8. The summed E-state index contributed by atoms with van der Waals surface area (Å²) in [6.45, 7) is 4.82. The molecule has 0 radical (unpaired) electrons. The third kappa shape index (κ3) is 4.60. The summed E-state index contributed by atoms with van der Waals surface area (Å²) in [6, 6.07) is 11.2. The molecule has 1 aliphatic carbocycles. The molecule has 25 heavy (non-hydrogen) atoms. The van der Waals surface area contributed by atoms with Gasteiger partial charge in [-0.2, -0.15) is 0 Å². The molecule has 1 aliphatic rings. The Balaban J connectivity index is 1.64. The Bertz CT molecular complexity index is 750. The molecule has 1 N–H and O–H groups in total. The van der Waals surface area contributed by atoms with Crippen LogP contribution < -0.4 is 5.32 Å². The summed E-state index contributed by atoms with van der Waals surface area (Å²) in [5, 5.41) is 2.93. The van der Waals surface area contributed by atoms with E-state index in [0.717, 1.165) is 12.8 Å². The second-order valence-corrected chi connectivity index (χ2v) is 7.47. The van der Waals surface area contributed by atoms with Gasteiger partial charge in [-0.05, 0) is 63.1 Å². The summed E-state index contributed by atoms with van der Waals surface area (Å²) in [5.74, 6) is -0.354. The smallest absolute Gasteiger partial charge is 0.338 e. The first kappa shape index (κ1) is 17.5. The molecule has 1 aromatic carbocycles. The largest absolute Gasteiger partial charge is 0.462 e. The maximum atomic E-state index is 12.7. The van der Waals surface area contributed by atoms with Crippen molar-refractivity contribution in [3.63, 3.8) is 0 Å². The quantitative estimate of drug-likeness (QED) is 0.777. The number of rotatable bonds is 6. The molecule has 5 nitrogen and oxygen atoms in total. The van der Waals surface area contributed by atoms with Gasteiger partial charge in [0.1, 0.15) is 0 Å². The molecule has 3 rings (SSSR count). The number of nitrogens with one attached hydrogen (secondary N) is 1. The number of ether oxygens (including phenoxy) is 1. The molecular formula is C19H22N2O3S. The van der Waals surface area contributed by atoms with Gasteiger partial charge < -0.3 is 15.0 Å². The summed E-state index contributed by atoms with van der Waals surface area (Å²) in [4.78, 5) is 28.7. The first-order valence-corrected chi connectivity index (χ1v) is 9.28. The molecular weight excluding hydrogens is 336 g/mol. The highest BCUT2D eigenvalue weighted by molar-refractivity contribution is 7.11. The van der Waals surface area contributed by atoms with Crippen molar-refractivity contribution in [1.29, 1.82) is 0 Å². The number of amides is 2. The Labute approximate surface area is 151 Å². The molecule has 6 heteroatoms. The van der Waals surface area contributed by atoms with Crippen molar-refractivity contribution >= 4 is 29.0 Å². The number of carbonyl (C=O) groups excluding carboxylic acids is 2. The molecule has 1 fully saturated rings. The van der Waals surface area contributed by atoms with Gasteiger partial charge in [-0.1, -0.05) is 0 Å². The number of esters is 1.